The van der Waals surface area contributed by atoms with E-state index < -0.39 is 0 Å². The van der Waals surface area contributed by atoms with Crippen LogP contribution in [0.25, 0.3) is 0 Å². The van der Waals surface area contributed by atoms with Gasteiger partial charge in [-0.3, -0.25) is 0 Å². The van der Waals surface area contributed by atoms with Gasteiger partial charge in [0.2, 0.25) is 5.88 Å². The number of hydrogen-bond acceptors (Lipinski definition) is 3. The van der Waals surface area contributed by atoms with Crippen molar-refractivity contribution in [3.8, 4) is 11.6 Å². The summed E-state index contributed by atoms with van der Waals surface area (Å²) in [4.78, 5) is 4.35. The fraction of sp³-hybridized carbons (Fsp3) is 0.214. The van der Waals surface area contributed by atoms with Gasteiger partial charge in [0.05, 0.1) is 3.57 Å². The lowest BCUT2D eigenvalue weighted by molar-refractivity contribution is 0.455. The minimum Gasteiger partial charge on any atom is -0.438 e. The van der Waals surface area contributed by atoms with E-state index in [0.717, 1.165) is 26.9 Å². The van der Waals surface area contributed by atoms with E-state index in [4.69, 9.17) is 10.5 Å². The molecule has 0 aliphatic rings. The molecule has 3 nitrogen and oxygen atoms in total. The van der Waals surface area contributed by atoms with Gasteiger partial charge in [0.25, 0.3) is 0 Å². The fourth-order valence-electron chi connectivity index (χ4n) is 1.66. The average Bonchev–Trinajstić information content (AvgIpc) is 2.35. The molecule has 0 unspecified atom stereocenters. The third-order valence-electron chi connectivity index (χ3n) is 2.56. The molecule has 1 aromatic heterocycles. The molecule has 0 aliphatic heterocycles. The van der Waals surface area contributed by atoms with Crippen LogP contribution in [-0.2, 0) is 6.42 Å². The first-order valence-electron chi connectivity index (χ1n) is 5.78. The van der Waals surface area contributed by atoms with E-state index in [9.17, 15) is 0 Å². The van der Waals surface area contributed by atoms with Crippen molar-refractivity contribution in [2.45, 2.75) is 13.3 Å². The fourth-order valence-corrected chi connectivity index (χ4v) is 2.16. The van der Waals surface area contributed by atoms with Crippen LogP contribution in [0.4, 0.5) is 0 Å². The smallest absolute Gasteiger partial charge is 0.222 e. The monoisotopic (exact) mass is 354 g/mol. The Bertz CT molecular complexity index is 543. The van der Waals surface area contributed by atoms with Crippen LogP contribution < -0.4 is 10.5 Å². The second-order valence-electron chi connectivity index (χ2n) is 4.04. The Balaban J connectivity index is 2.22. The summed E-state index contributed by atoms with van der Waals surface area (Å²) in [5.74, 6) is 1.49. The molecule has 2 rings (SSSR count). The van der Waals surface area contributed by atoms with Crippen LogP contribution in [0.1, 0.15) is 11.1 Å². The highest BCUT2D eigenvalue weighted by atomic mass is 127. The Morgan fingerprint density at radius 1 is 1.33 bits per heavy atom. The lowest BCUT2D eigenvalue weighted by Crippen LogP contribution is -2.03. The first-order valence-corrected chi connectivity index (χ1v) is 6.86. The zero-order valence-corrected chi connectivity index (χ0v) is 12.3. The highest BCUT2D eigenvalue weighted by Crippen LogP contribution is 2.27. The van der Waals surface area contributed by atoms with E-state index in [2.05, 4.69) is 33.6 Å². The molecule has 0 saturated carbocycles. The Hall–Kier alpha value is -1.14. The summed E-state index contributed by atoms with van der Waals surface area (Å²) in [6.45, 7) is 2.63. The van der Waals surface area contributed by atoms with E-state index in [-0.39, 0.29) is 0 Å². The topological polar surface area (TPSA) is 48.1 Å². The number of hydrogen-bond donors (Lipinski definition) is 1. The standard InChI is InChI=1S/C14H15IN2O/c1-10-8-11(6-7-16)9-17-14(10)18-13-5-3-2-4-12(13)15/h2-5,8-9H,6-7,16H2,1H3. The summed E-state index contributed by atoms with van der Waals surface area (Å²) < 4.78 is 6.89. The van der Waals surface area contributed by atoms with E-state index in [0.29, 0.717) is 12.4 Å². The predicted molar refractivity (Wildman–Crippen MR) is 81.0 cm³/mol. The third-order valence-corrected chi connectivity index (χ3v) is 3.45. The maximum absolute atomic E-state index is 5.82. The normalized spacial score (nSPS) is 10.4. The molecule has 0 amide bonds. The number of aromatic nitrogens is 1. The van der Waals surface area contributed by atoms with Crippen molar-refractivity contribution in [1.82, 2.24) is 4.98 Å². The summed E-state index contributed by atoms with van der Waals surface area (Å²) in [5, 5.41) is 0. The first-order chi connectivity index (χ1) is 8.70. The van der Waals surface area contributed by atoms with Crippen LogP contribution >= 0.6 is 22.6 Å². The molecule has 0 atom stereocenters. The van der Waals surface area contributed by atoms with Crippen molar-refractivity contribution in [1.29, 1.82) is 0 Å². The number of nitrogens with two attached hydrogens (primary N) is 1. The highest BCUT2D eigenvalue weighted by molar-refractivity contribution is 14.1. The minimum atomic E-state index is 0.637. The number of halogens is 1. The Morgan fingerprint density at radius 3 is 2.78 bits per heavy atom. The van der Waals surface area contributed by atoms with E-state index in [1.807, 2.05) is 37.4 Å². The van der Waals surface area contributed by atoms with Crippen molar-refractivity contribution >= 4 is 22.6 Å². The molecule has 0 saturated heterocycles. The molecule has 1 heterocycles. The van der Waals surface area contributed by atoms with Crippen molar-refractivity contribution in [3.63, 3.8) is 0 Å². The summed E-state index contributed by atoms with van der Waals surface area (Å²) in [6, 6.07) is 9.96. The number of para-hydroxylation sites is 1. The zero-order valence-electron chi connectivity index (χ0n) is 10.2. The Labute approximate surface area is 121 Å². The number of aryl methyl sites for hydroxylation is 1. The SMILES string of the molecule is Cc1cc(CCN)cnc1Oc1ccccc1I. The average molecular weight is 354 g/mol. The maximum atomic E-state index is 5.82. The molecule has 2 N–H and O–H groups in total. The molecule has 2 aromatic rings. The Morgan fingerprint density at radius 2 is 2.11 bits per heavy atom. The van der Waals surface area contributed by atoms with Gasteiger partial charge < -0.3 is 10.5 Å². The highest BCUT2D eigenvalue weighted by Gasteiger charge is 2.06. The summed E-state index contributed by atoms with van der Waals surface area (Å²) in [6.07, 6.45) is 2.67. The number of benzene rings is 1. The first kappa shape index (κ1) is 13.3. The van der Waals surface area contributed by atoms with Crippen LogP contribution in [0.3, 0.4) is 0 Å². The second kappa shape index (κ2) is 6.15. The predicted octanol–water partition coefficient (Wildman–Crippen LogP) is 3.29. The molecule has 94 valence electrons. The zero-order chi connectivity index (χ0) is 13.0. The number of rotatable bonds is 4. The van der Waals surface area contributed by atoms with Crippen LogP contribution in [0.5, 0.6) is 11.6 Å². The van der Waals surface area contributed by atoms with Gasteiger partial charge in [-0.2, -0.15) is 0 Å². The summed E-state index contributed by atoms with van der Waals surface area (Å²) in [5.41, 5.74) is 7.70. The van der Waals surface area contributed by atoms with Gasteiger partial charge >= 0.3 is 0 Å². The largest absolute Gasteiger partial charge is 0.438 e. The number of nitrogens with zero attached hydrogens (tertiary/aromatic N) is 1. The van der Waals surface area contributed by atoms with Crippen LogP contribution in [-0.4, -0.2) is 11.5 Å². The lowest BCUT2D eigenvalue weighted by atomic mass is 10.1. The van der Waals surface area contributed by atoms with Crippen molar-refractivity contribution < 1.29 is 4.74 Å². The number of pyridine rings is 1. The van der Waals surface area contributed by atoms with Crippen molar-refractivity contribution in [2.75, 3.05) is 6.54 Å². The van der Waals surface area contributed by atoms with E-state index in [1.165, 1.54) is 0 Å². The molecule has 0 fully saturated rings. The molecule has 0 bridgehead atoms. The Kier molecular flexibility index (Phi) is 4.54. The van der Waals surface area contributed by atoms with Gasteiger partial charge in [-0.25, -0.2) is 4.98 Å². The van der Waals surface area contributed by atoms with Gasteiger partial charge in [0, 0.05) is 11.8 Å². The van der Waals surface area contributed by atoms with Gasteiger partial charge in [-0.15, -0.1) is 0 Å². The number of ether oxygens (including phenoxy) is 1. The van der Waals surface area contributed by atoms with E-state index in [1.54, 1.807) is 0 Å². The molecular formula is C14H15IN2O. The molecule has 18 heavy (non-hydrogen) atoms. The van der Waals surface area contributed by atoms with Crippen LogP contribution in [0.2, 0.25) is 0 Å². The molecule has 0 radical (unpaired) electrons. The maximum Gasteiger partial charge on any atom is 0.222 e. The van der Waals surface area contributed by atoms with Gasteiger partial charge in [-0.1, -0.05) is 12.1 Å². The molecular weight excluding hydrogens is 339 g/mol. The van der Waals surface area contributed by atoms with Gasteiger partial charge in [0.1, 0.15) is 5.75 Å². The second-order valence-corrected chi connectivity index (χ2v) is 5.20. The molecule has 4 heteroatoms. The minimum absolute atomic E-state index is 0.637. The third kappa shape index (κ3) is 3.20. The van der Waals surface area contributed by atoms with Crippen molar-refractivity contribution in [2.24, 2.45) is 5.73 Å². The molecule has 0 aliphatic carbocycles. The van der Waals surface area contributed by atoms with Crippen molar-refractivity contribution in [3.05, 3.63) is 51.2 Å². The summed E-state index contributed by atoms with van der Waals surface area (Å²) in [7, 11) is 0. The quantitative estimate of drug-likeness (QED) is 0.858. The lowest BCUT2D eigenvalue weighted by Gasteiger charge is -2.10. The summed E-state index contributed by atoms with van der Waals surface area (Å²) >= 11 is 2.25. The van der Waals surface area contributed by atoms with Gasteiger partial charge in [-0.05, 0) is 66.2 Å². The van der Waals surface area contributed by atoms with Gasteiger partial charge in [0.15, 0.2) is 0 Å². The molecule has 1 aromatic carbocycles. The van der Waals surface area contributed by atoms with Crippen LogP contribution in [0, 0.1) is 10.5 Å². The van der Waals surface area contributed by atoms with E-state index >= 15 is 0 Å². The molecule has 0 spiro atoms. The van der Waals surface area contributed by atoms with Crippen LogP contribution in [0.15, 0.2) is 36.5 Å².